The minimum Gasteiger partial charge on any atom is -0.479 e. The number of hydrogen-bond acceptors (Lipinski definition) is 5. The highest BCUT2D eigenvalue weighted by molar-refractivity contribution is 5.92. The fourth-order valence-electron chi connectivity index (χ4n) is 1.47. The maximum absolute atomic E-state index is 11.8. The van der Waals surface area contributed by atoms with Gasteiger partial charge >= 0.3 is 5.97 Å². The van der Waals surface area contributed by atoms with Crippen LogP contribution < -0.4 is 0 Å². The van der Waals surface area contributed by atoms with Crippen molar-refractivity contribution in [1.29, 1.82) is 0 Å². The van der Waals surface area contributed by atoms with Gasteiger partial charge in [0, 0.05) is 12.6 Å². The van der Waals surface area contributed by atoms with Crippen LogP contribution in [0.15, 0.2) is 16.9 Å². The first kappa shape index (κ1) is 10.6. The van der Waals surface area contributed by atoms with Crippen LogP contribution in [0.2, 0.25) is 0 Å². The van der Waals surface area contributed by atoms with Gasteiger partial charge in [0.05, 0.1) is 13.2 Å². The number of carboxylic acids is 1. The zero-order valence-electron chi connectivity index (χ0n) is 8.33. The minimum atomic E-state index is -1.07. The number of carbonyl (C=O) groups is 2. The Labute approximate surface area is 90.6 Å². The van der Waals surface area contributed by atoms with Gasteiger partial charge in [0.2, 0.25) is 0 Å². The fourth-order valence-corrected chi connectivity index (χ4v) is 1.47. The number of amides is 1. The van der Waals surface area contributed by atoms with Crippen LogP contribution in [0.5, 0.6) is 0 Å². The maximum atomic E-state index is 11.8. The standard InChI is InChI=1S/C9H10N2O5/c12-8(6-1-3-16-10-6)11-2-4-15-7(5-11)9(13)14/h1,3,7H,2,4-5H2,(H,13,14). The number of hydrogen-bond donors (Lipinski definition) is 1. The van der Waals surface area contributed by atoms with Gasteiger partial charge in [-0.1, -0.05) is 5.16 Å². The summed E-state index contributed by atoms with van der Waals surface area (Å²) in [5, 5.41) is 12.3. The highest BCUT2D eigenvalue weighted by Crippen LogP contribution is 2.09. The summed E-state index contributed by atoms with van der Waals surface area (Å²) in [4.78, 5) is 23.9. The quantitative estimate of drug-likeness (QED) is 0.737. The van der Waals surface area contributed by atoms with E-state index in [1.54, 1.807) is 0 Å². The number of rotatable bonds is 2. The van der Waals surface area contributed by atoms with E-state index in [4.69, 9.17) is 9.84 Å². The summed E-state index contributed by atoms with van der Waals surface area (Å²) in [6.07, 6.45) is 0.326. The fraction of sp³-hybridized carbons (Fsp3) is 0.444. The first-order valence-corrected chi connectivity index (χ1v) is 4.72. The molecule has 0 aliphatic carbocycles. The van der Waals surface area contributed by atoms with Crippen LogP contribution in [0.25, 0.3) is 0 Å². The molecule has 16 heavy (non-hydrogen) atoms. The van der Waals surface area contributed by atoms with Crippen LogP contribution in [0.4, 0.5) is 0 Å². The van der Waals surface area contributed by atoms with Gasteiger partial charge in [0.15, 0.2) is 11.8 Å². The average molecular weight is 226 g/mol. The molecule has 0 aromatic carbocycles. The molecule has 1 atom stereocenters. The van der Waals surface area contributed by atoms with Crippen molar-refractivity contribution >= 4 is 11.9 Å². The van der Waals surface area contributed by atoms with E-state index in [9.17, 15) is 9.59 Å². The lowest BCUT2D eigenvalue weighted by atomic mass is 10.2. The van der Waals surface area contributed by atoms with Crippen LogP contribution in [0, 0.1) is 0 Å². The molecule has 86 valence electrons. The molecule has 1 amide bonds. The second kappa shape index (κ2) is 4.31. The molecule has 0 saturated carbocycles. The number of carboxylic acid groups (broad SMARTS) is 1. The van der Waals surface area contributed by atoms with Gasteiger partial charge in [0.1, 0.15) is 6.26 Å². The van der Waals surface area contributed by atoms with Gasteiger partial charge in [-0.2, -0.15) is 0 Å². The third-order valence-electron chi connectivity index (χ3n) is 2.29. The number of morpholine rings is 1. The van der Waals surface area contributed by atoms with Crippen LogP contribution in [-0.2, 0) is 9.53 Å². The molecule has 7 nitrogen and oxygen atoms in total. The van der Waals surface area contributed by atoms with Gasteiger partial charge in [-0.15, -0.1) is 0 Å². The van der Waals surface area contributed by atoms with E-state index in [1.165, 1.54) is 17.2 Å². The monoisotopic (exact) mass is 226 g/mol. The summed E-state index contributed by atoms with van der Waals surface area (Å²) in [7, 11) is 0. The van der Waals surface area contributed by atoms with Crippen molar-refractivity contribution in [1.82, 2.24) is 10.1 Å². The molecule has 1 N–H and O–H groups in total. The van der Waals surface area contributed by atoms with Crippen molar-refractivity contribution < 1.29 is 24.0 Å². The minimum absolute atomic E-state index is 0.0288. The largest absolute Gasteiger partial charge is 0.479 e. The molecular formula is C9H10N2O5. The Bertz CT molecular complexity index is 389. The topological polar surface area (TPSA) is 92.9 Å². The molecule has 1 aliphatic heterocycles. The Morgan fingerprint density at radius 1 is 1.56 bits per heavy atom. The normalized spacial score (nSPS) is 20.8. The molecule has 1 aromatic heterocycles. The van der Waals surface area contributed by atoms with Gasteiger partial charge < -0.3 is 19.3 Å². The van der Waals surface area contributed by atoms with Crippen LogP contribution in [0.3, 0.4) is 0 Å². The van der Waals surface area contributed by atoms with E-state index in [1.807, 2.05) is 0 Å². The molecule has 1 aromatic rings. The molecule has 1 aliphatic rings. The Hall–Kier alpha value is -1.89. The molecule has 2 rings (SSSR count). The zero-order chi connectivity index (χ0) is 11.5. The van der Waals surface area contributed by atoms with E-state index in [0.717, 1.165) is 0 Å². The summed E-state index contributed by atoms with van der Waals surface area (Å²) in [6.45, 7) is 0.594. The second-order valence-corrected chi connectivity index (χ2v) is 3.33. The smallest absolute Gasteiger partial charge is 0.334 e. The lowest BCUT2D eigenvalue weighted by Gasteiger charge is -2.30. The average Bonchev–Trinajstić information content (AvgIpc) is 2.81. The first-order valence-electron chi connectivity index (χ1n) is 4.72. The van der Waals surface area contributed by atoms with Crippen molar-refractivity contribution in [3.63, 3.8) is 0 Å². The Morgan fingerprint density at radius 2 is 2.38 bits per heavy atom. The summed E-state index contributed by atoms with van der Waals surface area (Å²) < 4.78 is 9.56. The van der Waals surface area contributed by atoms with Crippen molar-refractivity contribution in [2.75, 3.05) is 19.7 Å². The number of nitrogens with zero attached hydrogens (tertiary/aromatic N) is 2. The molecule has 1 saturated heterocycles. The molecule has 1 fully saturated rings. The summed E-state index contributed by atoms with van der Waals surface area (Å²) in [5.74, 6) is -1.42. The van der Waals surface area contributed by atoms with Crippen molar-refractivity contribution in [2.24, 2.45) is 0 Å². The number of carbonyl (C=O) groups excluding carboxylic acids is 1. The highest BCUT2D eigenvalue weighted by Gasteiger charge is 2.30. The molecule has 0 radical (unpaired) electrons. The predicted octanol–water partition coefficient (Wildman–Crippen LogP) is -0.400. The third kappa shape index (κ3) is 2.03. The van der Waals surface area contributed by atoms with E-state index in [-0.39, 0.29) is 24.8 Å². The molecule has 2 heterocycles. The second-order valence-electron chi connectivity index (χ2n) is 3.33. The number of aromatic nitrogens is 1. The Morgan fingerprint density at radius 3 is 3.00 bits per heavy atom. The third-order valence-corrected chi connectivity index (χ3v) is 2.29. The first-order chi connectivity index (χ1) is 7.68. The van der Waals surface area contributed by atoms with E-state index < -0.39 is 12.1 Å². The van der Waals surface area contributed by atoms with Crippen LogP contribution >= 0.6 is 0 Å². The van der Waals surface area contributed by atoms with Gasteiger partial charge in [-0.3, -0.25) is 4.79 Å². The molecule has 0 bridgehead atoms. The lowest BCUT2D eigenvalue weighted by Crippen LogP contribution is -2.48. The van der Waals surface area contributed by atoms with Gasteiger partial charge in [-0.25, -0.2) is 4.79 Å². The summed E-state index contributed by atoms with van der Waals surface area (Å²) in [5.41, 5.74) is 0.172. The Kier molecular flexibility index (Phi) is 2.86. The molecule has 7 heteroatoms. The zero-order valence-corrected chi connectivity index (χ0v) is 8.33. The van der Waals surface area contributed by atoms with E-state index in [0.29, 0.717) is 6.54 Å². The molecule has 1 unspecified atom stereocenters. The Balaban J connectivity index is 2.05. The van der Waals surface area contributed by atoms with Crippen molar-refractivity contribution in [2.45, 2.75) is 6.10 Å². The molecular weight excluding hydrogens is 216 g/mol. The van der Waals surface area contributed by atoms with E-state index in [2.05, 4.69) is 9.68 Å². The maximum Gasteiger partial charge on any atom is 0.334 e. The van der Waals surface area contributed by atoms with Gasteiger partial charge in [0.25, 0.3) is 5.91 Å². The summed E-state index contributed by atoms with van der Waals surface area (Å²) >= 11 is 0. The molecule has 0 spiro atoms. The SMILES string of the molecule is O=C(O)C1CN(C(=O)c2ccon2)CCO1. The van der Waals surface area contributed by atoms with Crippen LogP contribution in [-0.4, -0.2) is 52.8 Å². The number of aliphatic carboxylic acids is 1. The predicted molar refractivity (Wildman–Crippen MR) is 49.8 cm³/mol. The van der Waals surface area contributed by atoms with Gasteiger partial charge in [-0.05, 0) is 0 Å². The summed E-state index contributed by atoms with van der Waals surface area (Å²) in [6, 6.07) is 1.44. The van der Waals surface area contributed by atoms with E-state index >= 15 is 0 Å². The lowest BCUT2D eigenvalue weighted by molar-refractivity contribution is -0.154. The van der Waals surface area contributed by atoms with Crippen molar-refractivity contribution in [3.05, 3.63) is 18.0 Å². The van der Waals surface area contributed by atoms with Crippen LogP contribution in [0.1, 0.15) is 10.5 Å². The number of ether oxygens (including phenoxy) is 1. The van der Waals surface area contributed by atoms with Crippen molar-refractivity contribution in [3.8, 4) is 0 Å². The highest BCUT2D eigenvalue weighted by atomic mass is 16.5.